The Morgan fingerprint density at radius 3 is 2.41 bits per heavy atom. The number of benzene rings is 1. The fraction of sp³-hybridized carbons (Fsp3) is 0.500. The molecule has 1 aliphatic heterocycles. The van der Waals surface area contributed by atoms with Crippen LogP contribution in [0, 0.1) is 5.92 Å². The van der Waals surface area contributed by atoms with Crippen molar-refractivity contribution in [2.75, 3.05) is 38.0 Å². The van der Waals surface area contributed by atoms with Gasteiger partial charge in [-0.1, -0.05) is 26.0 Å². The lowest BCUT2D eigenvalue weighted by Crippen LogP contribution is -2.51. The molecule has 0 aliphatic carbocycles. The highest BCUT2D eigenvalue weighted by Gasteiger charge is 2.23. The molecule has 0 bridgehead atoms. The van der Waals surface area contributed by atoms with Crippen molar-refractivity contribution in [3.63, 3.8) is 0 Å². The van der Waals surface area contributed by atoms with E-state index < -0.39 is 0 Å². The number of carbonyl (C=O) groups excluding carboxylic acids is 2. The Hall–Kier alpha value is -1.40. The van der Waals surface area contributed by atoms with Crippen molar-refractivity contribution in [3.05, 3.63) is 28.7 Å². The summed E-state index contributed by atoms with van der Waals surface area (Å²) < 4.78 is 0.871. The third-order valence-corrected chi connectivity index (χ3v) is 4.38. The van der Waals surface area contributed by atoms with Gasteiger partial charge in [0.15, 0.2) is 0 Å². The molecule has 1 N–H and O–H groups in total. The Balaban J connectivity index is 1.80. The number of amides is 2. The van der Waals surface area contributed by atoms with E-state index in [0.717, 1.165) is 23.2 Å². The van der Waals surface area contributed by atoms with Gasteiger partial charge in [0.1, 0.15) is 0 Å². The van der Waals surface area contributed by atoms with Gasteiger partial charge in [-0.15, -0.1) is 0 Å². The van der Waals surface area contributed by atoms with E-state index in [2.05, 4.69) is 26.1 Å². The molecule has 1 saturated heterocycles. The van der Waals surface area contributed by atoms with Gasteiger partial charge in [0.05, 0.1) is 12.2 Å². The van der Waals surface area contributed by atoms with Gasteiger partial charge in [-0.2, -0.15) is 0 Å². The van der Waals surface area contributed by atoms with E-state index in [9.17, 15) is 9.59 Å². The number of nitrogens with zero attached hydrogens (tertiary/aromatic N) is 2. The molecule has 120 valence electrons. The molecule has 0 saturated carbocycles. The fourth-order valence-corrected chi connectivity index (χ4v) is 2.83. The number of nitrogens with one attached hydrogen (secondary N) is 1. The molecule has 0 aromatic heterocycles. The average molecular weight is 368 g/mol. The number of hydrogen-bond acceptors (Lipinski definition) is 3. The maximum atomic E-state index is 12.1. The Morgan fingerprint density at radius 1 is 1.18 bits per heavy atom. The van der Waals surface area contributed by atoms with Gasteiger partial charge in [0.25, 0.3) is 0 Å². The van der Waals surface area contributed by atoms with Crippen molar-refractivity contribution < 1.29 is 9.59 Å². The van der Waals surface area contributed by atoms with Crippen molar-refractivity contribution in [3.8, 4) is 0 Å². The number of para-hydroxylation sites is 1. The summed E-state index contributed by atoms with van der Waals surface area (Å²) in [5, 5.41) is 2.90. The second-order valence-electron chi connectivity index (χ2n) is 5.78. The number of rotatable bonds is 4. The van der Waals surface area contributed by atoms with Crippen LogP contribution in [0.4, 0.5) is 5.69 Å². The van der Waals surface area contributed by atoms with Crippen LogP contribution in [0.2, 0.25) is 0 Å². The summed E-state index contributed by atoms with van der Waals surface area (Å²) in [6.45, 7) is 7.05. The average Bonchev–Trinajstić information content (AvgIpc) is 2.49. The van der Waals surface area contributed by atoms with Gasteiger partial charge in [-0.3, -0.25) is 14.5 Å². The molecular weight excluding hydrogens is 346 g/mol. The van der Waals surface area contributed by atoms with E-state index in [4.69, 9.17) is 0 Å². The minimum Gasteiger partial charge on any atom is -0.340 e. The molecule has 1 heterocycles. The summed E-state index contributed by atoms with van der Waals surface area (Å²) >= 11 is 3.41. The quantitative estimate of drug-likeness (QED) is 0.887. The Bertz CT molecular complexity index is 540. The lowest BCUT2D eigenvalue weighted by atomic mass is 10.1. The minimum absolute atomic E-state index is 0.0319. The molecule has 22 heavy (non-hydrogen) atoms. The minimum atomic E-state index is -0.0319. The van der Waals surface area contributed by atoms with Gasteiger partial charge in [-0.25, -0.2) is 0 Å². The Labute approximate surface area is 139 Å². The van der Waals surface area contributed by atoms with Crippen LogP contribution in [0.3, 0.4) is 0 Å². The van der Waals surface area contributed by atoms with E-state index in [1.807, 2.05) is 43.0 Å². The molecular formula is C16H22BrN3O2. The zero-order chi connectivity index (χ0) is 16.1. The normalized spacial score (nSPS) is 15.9. The summed E-state index contributed by atoms with van der Waals surface area (Å²) in [6, 6.07) is 7.55. The smallest absolute Gasteiger partial charge is 0.238 e. The lowest BCUT2D eigenvalue weighted by Gasteiger charge is -2.35. The molecule has 5 nitrogen and oxygen atoms in total. The zero-order valence-electron chi connectivity index (χ0n) is 13.0. The molecule has 1 aliphatic rings. The summed E-state index contributed by atoms with van der Waals surface area (Å²) in [6.07, 6.45) is 0. The summed E-state index contributed by atoms with van der Waals surface area (Å²) in [4.78, 5) is 28.0. The highest BCUT2D eigenvalue weighted by molar-refractivity contribution is 9.10. The van der Waals surface area contributed by atoms with Crippen molar-refractivity contribution in [1.82, 2.24) is 9.80 Å². The van der Waals surface area contributed by atoms with Gasteiger partial charge in [0, 0.05) is 36.6 Å². The maximum Gasteiger partial charge on any atom is 0.238 e. The first kappa shape index (κ1) is 17.0. The van der Waals surface area contributed by atoms with Gasteiger partial charge >= 0.3 is 0 Å². The first-order chi connectivity index (χ1) is 10.5. The highest BCUT2D eigenvalue weighted by Crippen LogP contribution is 2.21. The largest absolute Gasteiger partial charge is 0.340 e. The number of piperazine rings is 1. The van der Waals surface area contributed by atoms with Crippen LogP contribution in [-0.2, 0) is 9.59 Å². The molecule has 2 rings (SSSR count). The van der Waals surface area contributed by atoms with Crippen molar-refractivity contribution >= 4 is 33.4 Å². The third kappa shape index (κ3) is 4.55. The van der Waals surface area contributed by atoms with Crippen LogP contribution >= 0.6 is 15.9 Å². The predicted molar refractivity (Wildman–Crippen MR) is 90.6 cm³/mol. The molecule has 6 heteroatoms. The van der Waals surface area contributed by atoms with Crippen LogP contribution in [0.1, 0.15) is 13.8 Å². The molecule has 0 radical (unpaired) electrons. The number of carbonyl (C=O) groups is 2. The second-order valence-corrected chi connectivity index (χ2v) is 6.64. The summed E-state index contributed by atoms with van der Waals surface area (Å²) in [5.41, 5.74) is 0.779. The van der Waals surface area contributed by atoms with Gasteiger partial charge < -0.3 is 10.2 Å². The monoisotopic (exact) mass is 367 g/mol. The molecule has 1 fully saturated rings. The van der Waals surface area contributed by atoms with E-state index in [-0.39, 0.29) is 17.7 Å². The van der Waals surface area contributed by atoms with Crippen molar-refractivity contribution in [2.45, 2.75) is 13.8 Å². The Kier molecular flexibility index (Phi) is 5.97. The first-order valence-corrected chi connectivity index (χ1v) is 8.32. The molecule has 0 spiro atoms. The molecule has 1 aromatic carbocycles. The predicted octanol–water partition coefficient (Wildman–Crippen LogP) is 2.19. The van der Waals surface area contributed by atoms with Crippen LogP contribution in [0.15, 0.2) is 28.7 Å². The topological polar surface area (TPSA) is 52.7 Å². The highest BCUT2D eigenvalue weighted by atomic mass is 79.9. The second kappa shape index (κ2) is 7.74. The molecule has 0 atom stereocenters. The van der Waals surface area contributed by atoms with Crippen LogP contribution in [0.25, 0.3) is 0 Å². The molecule has 0 unspecified atom stereocenters. The van der Waals surface area contributed by atoms with Crippen molar-refractivity contribution in [2.24, 2.45) is 5.92 Å². The third-order valence-electron chi connectivity index (χ3n) is 3.69. The van der Waals surface area contributed by atoms with Crippen molar-refractivity contribution in [1.29, 1.82) is 0 Å². The maximum absolute atomic E-state index is 12.1. The number of anilines is 1. The fourth-order valence-electron chi connectivity index (χ4n) is 2.45. The van der Waals surface area contributed by atoms with E-state index >= 15 is 0 Å². The summed E-state index contributed by atoms with van der Waals surface area (Å²) in [5.74, 6) is 0.193. The molecule has 2 amide bonds. The molecule has 1 aromatic rings. The van der Waals surface area contributed by atoms with E-state index in [1.54, 1.807) is 0 Å². The lowest BCUT2D eigenvalue weighted by molar-refractivity contribution is -0.136. The Morgan fingerprint density at radius 2 is 1.82 bits per heavy atom. The van der Waals surface area contributed by atoms with E-state index in [1.165, 1.54) is 0 Å². The number of hydrogen-bond donors (Lipinski definition) is 1. The van der Waals surface area contributed by atoms with Gasteiger partial charge in [-0.05, 0) is 28.1 Å². The SMILES string of the molecule is CC(C)C(=O)N1CCN(CC(=O)Nc2ccccc2Br)CC1. The van der Waals surface area contributed by atoms with Crippen LogP contribution in [-0.4, -0.2) is 54.3 Å². The van der Waals surface area contributed by atoms with Crippen LogP contribution < -0.4 is 5.32 Å². The standard InChI is InChI=1S/C16H22BrN3O2/c1-12(2)16(22)20-9-7-19(8-10-20)11-15(21)18-14-6-4-3-5-13(14)17/h3-6,12H,7-11H2,1-2H3,(H,18,21). The summed E-state index contributed by atoms with van der Waals surface area (Å²) in [7, 11) is 0. The number of halogens is 1. The first-order valence-electron chi connectivity index (χ1n) is 7.53. The van der Waals surface area contributed by atoms with Crippen LogP contribution in [0.5, 0.6) is 0 Å². The zero-order valence-corrected chi connectivity index (χ0v) is 14.6. The van der Waals surface area contributed by atoms with Gasteiger partial charge in [0.2, 0.25) is 11.8 Å². The van der Waals surface area contributed by atoms with E-state index in [0.29, 0.717) is 19.6 Å².